The molecule has 0 amide bonds. The van der Waals surface area contributed by atoms with Crippen molar-refractivity contribution in [2.24, 2.45) is 0 Å². The third-order valence-corrected chi connectivity index (χ3v) is 9.00. The summed E-state index contributed by atoms with van der Waals surface area (Å²) in [6.07, 6.45) is 4.96. The average Bonchev–Trinajstić information content (AvgIpc) is 2.83. The predicted octanol–water partition coefficient (Wildman–Crippen LogP) is 5.74. The van der Waals surface area contributed by atoms with Crippen molar-refractivity contribution in [2.45, 2.75) is 48.5 Å². The molecule has 1 aliphatic rings. The van der Waals surface area contributed by atoms with Gasteiger partial charge in [-0.05, 0) is 31.4 Å². The van der Waals surface area contributed by atoms with E-state index in [2.05, 4.69) is 18.2 Å². The van der Waals surface area contributed by atoms with Crippen LogP contribution in [0.1, 0.15) is 36.8 Å². The highest BCUT2D eigenvalue weighted by molar-refractivity contribution is 7.99. The van der Waals surface area contributed by atoms with Crippen LogP contribution in [0, 0.1) is 18.3 Å². The van der Waals surface area contributed by atoms with Crippen molar-refractivity contribution >= 4 is 22.6 Å². The van der Waals surface area contributed by atoms with Gasteiger partial charge in [-0.1, -0.05) is 73.0 Å². The third kappa shape index (κ3) is 5.22. The van der Waals surface area contributed by atoms with Crippen LogP contribution >= 0.6 is 11.8 Å². The number of hydrogen-bond acceptors (Lipinski definition) is 5. The maximum absolute atomic E-state index is 12.3. The van der Waals surface area contributed by atoms with Gasteiger partial charge in [0.2, 0.25) is 0 Å². The van der Waals surface area contributed by atoms with Crippen LogP contribution in [-0.4, -0.2) is 37.2 Å². The van der Waals surface area contributed by atoms with Crippen molar-refractivity contribution in [3.05, 3.63) is 71.8 Å². The monoisotopic (exact) mass is 476 g/mol. The Balaban J connectivity index is 1.77. The zero-order chi connectivity index (χ0) is 23.4. The van der Waals surface area contributed by atoms with Crippen molar-refractivity contribution in [1.82, 2.24) is 4.98 Å². The minimum atomic E-state index is -1.11. The molecule has 33 heavy (non-hydrogen) atoms. The Morgan fingerprint density at radius 3 is 2.55 bits per heavy atom. The molecule has 0 aliphatic heterocycles. The summed E-state index contributed by atoms with van der Waals surface area (Å²) in [7, 11) is -1.11. The van der Waals surface area contributed by atoms with Crippen molar-refractivity contribution < 1.29 is 9.32 Å². The smallest absolute Gasteiger partial charge is 0.115 e. The number of benzene rings is 2. The normalized spacial score (nSPS) is 21.3. The summed E-state index contributed by atoms with van der Waals surface area (Å²) in [5.74, 6) is 0.366. The summed E-state index contributed by atoms with van der Waals surface area (Å²) in [4.78, 5) is 4.87. The molecule has 0 saturated heterocycles. The van der Waals surface area contributed by atoms with Gasteiger partial charge in [0.1, 0.15) is 11.1 Å². The van der Waals surface area contributed by atoms with E-state index in [1.54, 1.807) is 6.26 Å². The van der Waals surface area contributed by atoms with E-state index >= 15 is 0 Å². The first-order valence-corrected chi connectivity index (χ1v) is 13.8. The van der Waals surface area contributed by atoms with Crippen molar-refractivity contribution in [1.29, 1.82) is 5.26 Å². The van der Waals surface area contributed by atoms with Crippen LogP contribution in [0.5, 0.6) is 0 Å². The first kappa shape index (κ1) is 23.7. The Bertz CT molecular complexity index is 1190. The molecule has 2 aromatic carbocycles. The fourth-order valence-electron chi connectivity index (χ4n) is 4.48. The molecule has 0 radical (unpaired) electrons. The van der Waals surface area contributed by atoms with Crippen LogP contribution < -0.4 is 0 Å². The van der Waals surface area contributed by atoms with Gasteiger partial charge in [0.05, 0.1) is 22.1 Å². The number of nitriles is 1. The summed E-state index contributed by atoms with van der Waals surface area (Å²) in [6.45, 7) is 2.05. The molecular weight excluding hydrogens is 448 g/mol. The topological polar surface area (TPSA) is 74.0 Å². The van der Waals surface area contributed by atoms with Gasteiger partial charge in [-0.3, -0.25) is 4.21 Å². The molecule has 3 atom stereocenters. The second kappa shape index (κ2) is 10.2. The predicted molar refractivity (Wildman–Crippen MR) is 137 cm³/mol. The van der Waals surface area contributed by atoms with Gasteiger partial charge in [0.25, 0.3) is 0 Å². The Morgan fingerprint density at radius 2 is 1.88 bits per heavy atom. The lowest BCUT2D eigenvalue weighted by atomic mass is 9.86. The maximum Gasteiger partial charge on any atom is 0.115 e. The third-order valence-electron chi connectivity index (χ3n) is 6.32. The summed E-state index contributed by atoms with van der Waals surface area (Å²) in [5.41, 5.74) is 4.21. The van der Waals surface area contributed by atoms with Crippen molar-refractivity contribution in [3.63, 3.8) is 0 Å². The van der Waals surface area contributed by atoms with Gasteiger partial charge in [0.15, 0.2) is 0 Å². The highest BCUT2D eigenvalue weighted by Gasteiger charge is 2.41. The van der Waals surface area contributed by atoms with Crippen LogP contribution in [-0.2, 0) is 10.8 Å². The molecular formula is C27H28N2O2S2. The SMILES string of the molecule is Cc1ccc(-c2cc(-c3ccccc3)c(C#N)c(SC[C@]3(O)CCCC[C@H]3[S@@](C)=O)n2)cc1. The summed E-state index contributed by atoms with van der Waals surface area (Å²) < 4.78 is 12.3. The lowest BCUT2D eigenvalue weighted by molar-refractivity contribution is 0.0326. The molecule has 1 heterocycles. The van der Waals surface area contributed by atoms with Crippen LogP contribution in [0.3, 0.4) is 0 Å². The lowest BCUT2D eigenvalue weighted by Crippen LogP contribution is -2.49. The van der Waals surface area contributed by atoms with Gasteiger partial charge >= 0.3 is 0 Å². The molecule has 0 unspecified atom stereocenters. The molecule has 4 rings (SSSR count). The minimum absolute atomic E-state index is 0.252. The fourth-order valence-corrected chi connectivity index (χ4v) is 7.09. The molecule has 1 fully saturated rings. The molecule has 4 nitrogen and oxygen atoms in total. The number of rotatable bonds is 6. The number of aryl methyl sites for hydroxylation is 1. The summed E-state index contributed by atoms with van der Waals surface area (Å²) in [5, 5.41) is 21.8. The van der Waals surface area contributed by atoms with Crippen LogP contribution in [0.2, 0.25) is 0 Å². The van der Waals surface area contributed by atoms with Gasteiger partial charge in [0, 0.05) is 33.9 Å². The number of pyridine rings is 1. The Morgan fingerprint density at radius 1 is 1.15 bits per heavy atom. The van der Waals surface area contributed by atoms with Gasteiger partial charge < -0.3 is 5.11 Å². The van der Waals surface area contributed by atoms with E-state index in [0.717, 1.165) is 41.6 Å². The number of hydrogen-bond donors (Lipinski definition) is 1. The van der Waals surface area contributed by atoms with E-state index in [4.69, 9.17) is 4.98 Å². The number of aliphatic hydroxyl groups is 1. The highest BCUT2D eigenvalue weighted by atomic mass is 32.2. The van der Waals surface area contributed by atoms with E-state index in [-0.39, 0.29) is 5.25 Å². The van der Waals surface area contributed by atoms with Crippen molar-refractivity contribution in [3.8, 4) is 28.5 Å². The molecule has 1 aromatic heterocycles. The molecule has 1 N–H and O–H groups in total. The Hall–Kier alpha value is -2.46. The largest absolute Gasteiger partial charge is 0.388 e. The molecule has 6 heteroatoms. The molecule has 1 aliphatic carbocycles. The maximum atomic E-state index is 12.3. The number of nitrogens with zero attached hydrogens (tertiary/aromatic N) is 2. The molecule has 3 aromatic rings. The zero-order valence-corrected chi connectivity index (χ0v) is 20.6. The van der Waals surface area contributed by atoms with Crippen molar-refractivity contribution in [2.75, 3.05) is 12.0 Å². The molecule has 170 valence electrons. The molecule has 0 bridgehead atoms. The van der Waals surface area contributed by atoms with Gasteiger partial charge in [-0.25, -0.2) is 4.98 Å². The molecule has 1 saturated carbocycles. The Labute approximate surface area is 202 Å². The van der Waals surface area contributed by atoms with E-state index in [1.807, 2.05) is 55.5 Å². The lowest BCUT2D eigenvalue weighted by Gasteiger charge is -2.38. The van der Waals surface area contributed by atoms with Gasteiger partial charge in [-0.15, -0.1) is 11.8 Å². The number of thioether (sulfide) groups is 1. The van der Waals surface area contributed by atoms with E-state index in [9.17, 15) is 14.6 Å². The average molecular weight is 477 g/mol. The quantitative estimate of drug-likeness (QED) is 0.459. The van der Waals surface area contributed by atoms with Crippen LogP contribution in [0.15, 0.2) is 65.7 Å². The van der Waals surface area contributed by atoms with Gasteiger partial charge in [-0.2, -0.15) is 5.26 Å². The van der Waals surface area contributed by atoms with E-state index in [0.29, 0.717) is 22.8 Å². The highest BCUT2D eigenvalue weighted by Crippen LogP contribution is 2.39. The van der Waals surface area contributed by atoms with E-state index in [1.165, 1.54) is 17.3 Å². The van der Waals surface area contributed by atoms with Crippen LogP contribution in [0.25, 0.3) is 22.4 Å². The standard InChI is InChI=1S/C27H28N2O2S2/c1-19-11-13-21(14-12-19)24-16-22(20-8-4-3-5-9-20)23(17-28)26(29-24)32-18-27(30)15-7-6-10-25(27)33(2)31/h3-5,8-9,11-14,16,25,30H,6-7,10,15,18H2,1-2H3/t25-,27-,33-/m1/s1. The summed E-state index contributed by atoms with van der Waals surface area (Å²) in [6, 6.07) is 22.4. The van der Waals surface area contributed by atoms with Crippen LogP contribution in [0.4, 0.5) is 0 Å². The first-order valence-electron chi connectivity index (χ1n) is 11.2. The second-order valence-corrected chi connectivity index (χ2v) is 11.2. The Kier molecular flexibility index (Phi) is 7.33. The first-order chi connectivity index (χ1) is 15.9. The zero-order valence-electron chi connectivity index (χ0n) is 19.0. The fraction of sp³-hybridized carbons (Fsp3) is 0.333. The minimum Gasteiger partial charge on any atom is -0.388 e. The number of aromatic nitrogens is 1. The second-order valence-electron chi connectivity index (χ2n) is 8.70. The molecule has 0 spiro atoms. The summed E-state index contributed by atoms with van der Waals surface area (Å²) >= 11 is 1.40. The van der Waals surface area contributed by atoms with E-state index < -0.39 is 16.4 Å².